The summed E-state index contributed by atoms with van der Waals surface area (Å²) in [5.41, 5.74) is 22.4. The molecule has 6 aliphatic carbocycles. The Morgan fingerprint density at radius 2 is 0.914 bits per heavy atom. The van der Waals surface area contributed by atoms with Gasteiger partial charge in [0.1, 0.15) is 0 Å². The van der Waals surface area contributed by atoms with Gasteiger partial charge in [-0.15, -0.1) is 0 Å². The molecule has 0 heterocycles. The van der Waals surface area contributed by atoms with Gasteiger partial charge in [0, 0.05) is 23.7 Å². The number of hydrogen-bond acceptors (Lipinski definition) is 0. The van der Waals surface area contributed by atoms with Crippen molar-refractivity contribution < 1.29 is 0 Å². The summed E-state index contributed by atoms with van der Waals surface area (Å²) in [4.78, 5) is 0. The summed E-state index contributed by atoms with van der Waals surface area (Å²) in [6.07, 6.45) is 36.4. The van der Waals surface area contributed by atoms with E-state index in [1.165, 1.54) is 105 Å². The van der Waals surface area contributed by atoms with E-state index in [0.717, 1.165) is 12.8 Å². The molecule has 4 atom stereocenters. The number of fused-ring (bicyclic) bond motifs is 6. The quantitative estimate of drug-likeness (QED) is 0.133. The lowest BCUT2D eigenvalue weighted by Gasteiger charge is -2.37. The van der Waals surface area contributed by atoms with E-state index in [4.69, 9.17) is 0 Å². The zero-order chi connectivity index (χ0) is 46.6. The van der Waals surface area contributed by atoms with Crippen LogP contribution in [0.25, 0.3) is 45.6 Å². The number of hydrogen-bond donors (Lipinski definition) is 0. The molecule has 0 saturated carbocycles. The van der Waals surface area contributed by atoms with E-state index in [1.807, 2.05) is 0 Å². The maximum Gasteiger partial charge on any atom is 0.0676 e. The van der Waals surface area contributed by atoms with Gasteiger partial charge < -0.3 is 0 Å². The third kappa shape index (κ3) is 7.04. The van der Waals surface area contributed by atoms with Crippen LogP contribution in [0.4, 0.5) is 0 Å². The minimum Gasteiger partial charge on any atom is -0.0767 e. The summed E-state index contributed by atoms with van der Waals surface area (Å²) in [5, 5.41) is 2.65. The van der Waals surface area contributed by atoms with E-state index in [-0.39, 0.29) is 17.3 Å². The van der Waals surface area contributed by atoms with Gasteiger partial charge >= 0.3 is 0 Å². The molecule has 0 heteroatoms. The van der Waals surface area contributed by atoms with Crippen LogP contribution in [-0.2, 0) is 5.41 Å². The van der Waals surface area contributed by atoms with Crippen LogP contribution in [0.3, 0.4) is 0 Å². The largest absolute Gasteiger partial charge is 0.0767 e. The van der Waals surface area contributed by atoms with Crippen molar-refractivity contribution in [1.29, 1.82) is 0 Å². The van der Waals surface area contributed by atoms with Crippen LogP contribution < -0.4 is 10.4 Å². The molecule has 70 heavy (non-hydrogen) atoms. The van der Waals surface area contributed by atoms with Crippen LogP contribution in [0.2, 0.25) is 0 Å². The Morgan fingerprint density at radius 3 is 1.50 bits per heavy atom. The summed E-state index contributed by atoms with van der Waals surface area (Å²) in [6.45, 7) is 2.18. The molecule has 0 amide bonds. The first kappa shape index (κ1) is 42.1. The maximum absolute atomic E-state index is 2.45. The first-order valence-corrected chi connectivity index (χ1v) is 25.2. The number of aryl methyl sites for hydroxylation is 1. The molecule has 0 nitrogen and oxygen atoms in total. The summed E-state index contributed by atoms with van der Waals surface area (Å²) >= 11 is 0. The lowest BCUT2D eigenvalue weighted by atomic mass is 9.65. The minimum atomic E-state index is -0.320. The first-order valence-electron chi connectivity index (χ1n) is 25.2. The third-order valence-electron chi connectivity index (χ3n) is 16.0. The molecule has 0 fully saturated rings. The molecule has 334 valence electrons. The highest BCUT2D eigenvalue weighted by molar-refractivity contribution is 5.87. The van der Waals surface area contributed by atoms with Crippen molar-refractivity contribution >= 4 is 34.4 Å². The molecule has 7 aromatic rings. The highest BCUT2D eigenvalue weighted by Crippen LogP contribution is 2.58. The van der Waals surface area contributed by atoms with Gasteiger partial charge in [0.25, 0.3) is 0 Å². The van der Waals surface area contributed by atoms with Crippen molar-refractivity contribution in [1.82, 2.24) is 0 Å². The van der Waals surface area contributed by atoms with Crippen LogP contribution in [-0.4, -0.2) is 0 Å². The van der Waals surface area contributed by atoms with Gasteiger partial charge in [0.15, 0.2) is 0 Å². The van der Waals surface area contributed by atoms with Gasteiger partial charge in [-0.1, -0.05) is 272 Å². The second-order valence-corrected chi connectivity index (χ2v) is 19.8. The SMILES string of the molecule is Cc1ccc(C2(C3=CC=C(c4ccc(C5=c6ccccc6=C(c6ccc(C=Cc7ccc(C8=CC=CC9C=CC=CC89)cc7)cc6)C6C=CC=CC56)cc4)CC3)c3ccccc3-c3ccccc32)cc1. The Kier molecular flexibility index (Phi) is 10.5. The Balaban J connectivity index is 0.805. The third-order valence-corrected chi connectivity index (χ3v) is 16.0. The smallest absolute Gasteiger partial charge is 0.0676 e. The topological polar surface area (TPSA) is 0 Å². The summed E-state index contributed by atoms with van der Waals surface area (Å²) < 4.78 is 0. The Hall–Kier alpha value is -8.06. The second kappa shape index (κ2) is 17.5. The van der Waals surface area contributed by atoms with Crippen molar-refractivity contribution in [3.05, 3.63) is 320 Å². The van der Waals surface area contributed by atoms with E-state index in [9.17, 15) is 0 Å². The van der Waals surface area contributed by atoms with Gasteiger partial charge in [0.2, 0.25) is 0 Å². The van der Waals surface area contributed by atoms with E-state index in [1.54, 1.807) is 0 Å². The average Bonchev–Trinajstić information content (AvgIpc) is 3.73. The molecule has 4 unspecified atom stereocenters. The predicted molar refractivity (Wildman–Crippen MR) is 295 cm³/mol. The standard InChI is InChI=1S/C70H54/c1-47-25-43-56(44-26-47)70(66-23-10-8-16-60(66)61-17-9-11-24-67(61)70)57-45-41-51(42-46-57)50-37-39-55(40-38-50)69-64-20-6-4-18-62(64)68(63-19-5-7-21-65(63)69)54-35-31-49(32-36-54)28-27-48-29-33-53(34-30-48)59-22-12-14-52-13-2-3-15-58(52)59/h2-41,43-45,52,58,62,64H,42,46H2,1H3. The highest BCUT2D eigenvalue weighted by atomic mass is 14.5. The molecule has 0 bridgehead atoms. The van der Waals surface area contributed by atoms with Crippen LogP contribution in [0.1, 0.15) is 68.5 Å². The fourth-order valence-electron chi connectivity index (χ4n) is 12.7. The molecular formula is C70H54. The van der Waals surface area contributed by atoms with E-state index >= 15 is 0 Å². The highest BCUT2D eigenvalue weighted by Gasteiger charge is 2.47. The van der Waals surface area contributed by atoms with Gasteiger partial charge in [0.05, 0.1) is 5.41 Å². The maximum atomic E-state index is 2.45. The van der Waals surface area contributed by atoms with Gasteiger partial charge in [-0.2, -0.15) is 0 Å². The lowest BCUT2D eigenvalue weighted by Crippen LogP contribution is -2.40. The van der Waals surface area contributed by atoms with Crippen LogP contribution >= 0.6 is 0 Å². The molecule has 0 aliphatic heterocycles. The van der Waals surface area contributed by atoms with E-state index in [0.29, 0.717) is 11.8 Å². The minimum absolute atomic E-state index is 0.231. The fraction of sp³-hybridized carbons (Fsp3) is 0.114. The van der Waals surface area contributed by atoms with E-state index in [2.05, 4.69) is 268 Å². The number of rotatable bonds is 8. The molecule has 6 aliphatic rings. The molecule has 0 saturated heterocycles. The van der Waals surface area contributed by atoms with Gasteiger partial charge in [-0.25, -0.2) is 0 Å². The van der Waals surface area contributed by atoms with Crippen molar-refractivity contribution in [2.45, 2.75) is 25.2 Å². The Morgan fingerprint density at radius 1 is 0.414 bits per heavy atom. The molecule has 0 N–H and O–H groups in total. The number of allylic oxidation sites excluding steroid dienone is 16. The summed E-state index contributed by atoms with van der Waals surface area (Å²) in [7, 11) is 0. The normalized spacial score (nSPS) is 21.1. The van der Waals surface area contributed by atoms with Gasteiger partial charge in [-0.3, -0.25) is 0 Å². The lowest BCUT2D eigenvalue weighted by molar-refractivity contribution is 0.678. The zero-order valence-corrected chi connectivity index (χ0v) is 39.5. The monoisotopic (exact) mass is 894 g/mol. The fourth-order valence-corrected chi connectivity index (χ4v) is 12.7. The molecular weight excluding hydrogens is 841 g/mol. The molecule has 0 aromatic heterocycles. The van der Waals surface area contributed by atoms with Crippen LogP contribution in [0, 0.1) is 30.6 Å². The van der Waals surface area contributed by atoms with E-state index < -0.39 is 0 Å². The summed E-state index contributed by atoms with van der Waals surface area (Å²) in [5.74, 6) is 1.32. The Labute approximate surface area is 412 Å². The van der Waals surface area contributed by atoms with Crippen molar-refractivity contribution in [3.8, 4) is 11.1 Å². The average molecular weight is 895 g/mol. The molecule has 7 aromatic carbocycles. The molecule has 13 rings (SSSR count). The number of benzene rings is 7. The second-order valence-electron chi connectivity index (χ2n) is 19.8. The van der Waals surface area contributed by atoms with Crippen LogP contribution in [0.15, 0.2) is 254 Å². The summed E-state index contributed by atoms with van der Waals surface area (Å²) in [6, 6.07) is 64.3. The molecule has 0 radical (unpaired) electrons. The van der Waals surface area contributed by atoms with Crippen molar-refractivity contribution in [3.63, 3.8) is 0 Å². The Bertz CT molecular complexity index is 3580. The predicted octanol–water partition coefficient (Wildman–Crippen LogP) is 15.4. The van der Waals surface area contributed by atoms with Gasteiger partial charge in [-0.05, 0) is 114 Å². The van der Waals surface area contributed by atoms with Crippen molar-refractivity contribution in [2.24, 2.45) is 23.7 Å². The van der Waals surface area contributed by atoms with Crippen molar-refractivity contribution in [2.75, 3.05) is 0 Å². The first-order chi connectivity index (χ1) is 34.6. The molecule has 0 spiro atoms. The zero-order valence-electron chi connectivity index (χ0n) is 39.5. The van der Waals surface area contributed by atoms with Crippen LogP contribution in [0.5, 0.6) is 0 Å².